The SMILES string of the molecule is CCC1SC(=S)N(CC(=O)Nc2cccc(Cl)c2)C1=O. The lowest BCUT2D eigenvalue weighted by Gasteiger charge is -2.15. The van der Waals surface area contributed by atoms with Gasteiger partial charge in [-0.1, -0.05) is 48.6 Å². The summed E-state index contributed by atoms with van der Waals surface area (Å²) in [5.74, 6) is -0.385. The molecule has 1 atom stereocenters. The number of carbonyl (C=O) groups excluding carboxylic acids is 2. The zero-order valence-electron chi connectivity index (χ0n) is 10.8. The summed E-state index contributed by atoms with van der Waals surface area (Å²) in [6.45, 7) is 1.86. The molecule has 2 amide bonds. The summed E-state index contributed by atoms with van der Waals surface area (Å²) in [6.07, 6.45) is 0.704. The molecule has 4 nitrogen and oxygen atoms in total. The van der Waals surface area contributed by atoms with Gasteiger partial charge >= 0.3 is 0 Å². The highest BCUT2D eigenvalue weighted by Crippen LogP contribution is 2.29. The van der Waals surface area contributed by atoms with Gasteiger partial charge in [0, 0.05) is 10.7 Å². The highest BCUT2D eigenvalue weighted by Gasteiger charge is 2.36. The molecule has 7 heteroatoms. The standard InChI is InChI=1S/C13H13ClN2O2S2/c1-2-10-12(18)16(13(19)20-10)7-11(17)15-9-5-3-4-8(14)6-9/h3-6,10H,2,7H2,1H3,(H,15,17). The van der Waals surface area contributed by atoms with Crippen molar-refractivity contribution in [2.75, 3.05) is 11.9 Å². The molecule has 1 aliphatic heterocycles. The van der Waals surface area contributed by atoms with Crippen LogP contribution in [0.2, 0.25) is 5.02 Å². The monoisotopic (exact) mass is 328 g/mol. The highest BCUT2D eigenvalue weighted by atomic mass is 35.5. The summed E-state index contributed by atoms with van der Waals surface area (Å²) < 4.78 is 0.461. The van der Waals surface area contributed by atoms with Crippen molar-refractivity contribution in [2.24, 2.45) is 0 Å². The van der Waals surface area contributed by atoms with E-state index in [0.29, 0.717) is 21.5 Å². The van der Waals surface area contributed by atoms with Crippen LogP contribution >= 0.6 is 35.6 Å². The minimum Gasteiger partial charge on any atom is -0.324 e. The topological polar surface area (TPSA) is 49.4 Å². The Morgan fingerprint density at radius 3 is 2.90 bits per heavy atom. The average molecular weight is 329 g/mol. The summed E-state index contributed by atoms with van der Waals surface area (Å²) in [5.41, 5.74) is 0.597. The molecule has 1 aromatic carbocycles. The molecule has 106 valence electrons. The van der Waals surface area contributed by atoms with Crippen molar-refractivity contribution in [3.63, 3.8) is 0 Å². The van der Waals surface area contributed by atoms with Crippen LogP contribution in [0.25, 0.3) is 0 Å². The Kier molecular flexibility index (Phi) is 5.01. The summed E-state index contributed by atoms with van der Waals surface area (Å²) in [6, 6.07) is 6.84. The average Bonchev–Trinajstić information content (AvgIpc) is 2.66. The number of thioether (sulfide) groups is 1. The van der Waals surface area contributed by atoms with Gasteiger partial charge in [0.05, 0.1) is 5.25 Å². The number of thiocarbonyl (C=S) groups is 1. The fourth-order valence-electron chi connectivity index (χ4n) is 1.81. The van der Waals surface area contributed by atoms with Crippen molar-refractivity contribution in [1.82, 2.24) is 4.90 Å². The van der Waals surface area contributed by atoms with Gasteiger partial charge in [0.25, 0.3) is 0 Å². The molecular weight excluding hydrogens is 316 g/mol. The third kappa shape index (κ3) is 3.50. The van der Waals surface area contributed by atoms with Gasteiger partial charge in [-0.05, 0) is 24.6 Å². The van der Waals surface area contributed by atoms with E-state index in [4.69, 9.17) is 23.8 Å². The number of amides is 2. The Hall–Kier alpha value is -1.11. The van der Waals surface area contributed by atoms with Crippen molar-refractivity contribution in [2.45, 2.75) is 18.6 Å². The van der Waals surface area contributed by atoms with E-state index in [1.807, 2.05) is 6.92 Å². The van der Waals surface area contributed by atoms with E-state index in [-0.39, 0.29) is 23.6 Å². The van der Waals surface area contributed by atoms with E-state index < -0.39 is 0 Å². The number of hydrogen-bond acceptors (Lipinski definition) is 4. The fourth-order valence-corrected chi connectivity index (χ4v) is 3.42. The largest absolute Gasteiger partial charge is 0.324 e. The third-order valence-corrected chi connectivity index (χ3v) is 4.77. The maximum absolute atomic E-state index is 12.0. The minimum atomic E-state index is -0.291. The van der Waals surface area contributed by atoms with E-state index in [2.05, 4.69) is 5.32 Å². The smallest absolute Gasteiger partial charge is 0.244 e. The molecule has 1 N–H and O–H groups in total. The lowest BCUT2D eigenvalue weighted by atomic mass is 10.3. The number of rotatable bonds is 4. The first-order chi connectivity index (χ1) is 9.51. The van der Waals surface area contributed by atoms with Crippen molar-refractivity contribution in [1.29, 1.82) is 0 Å². The third-order valence-electron chi connectivity index (χ3n) is 2.79. The molecule has 2 rings (SSSR count). The first kappa shape index (κ1) is 15.3. The zero-order valence-corrected chi connectivity index (χ0v) is 13.1. The van der Waals surface area contributed by atoms with Crippen molar-refractivity contribution >= 4 is 57.4 Å². The summed E-state index contributed by atoms with van der Waals surface area (Å²) >= 11 is 12.3. The Morgan fingerprint density at radius 1 is 1.55 bits per heavy atom. The van der Waals surface area contributed by atoms with Crippen LogP contribution in [0.1, 0.15) is 13.3 Å². The molecule has 0 bridgehead atoms. The maximum Gasteiger partial charge on any atom is 0.244 e. The molecule has 1 aliphatic rings. The maximum atomic E-state index is 12.0. The molecule has 1 heterocycles. The van der Waals surface area contributed by atoms with Gasteiger partial charge in [-0.2, -0.15) is 0 Å². The van der Waals surface area contributed by atoms with E-state index in [1.165, 1.54) is 16.7 Å². The molecule has 20 heavy (non-hydrogen) atoms. The zero-order chi connectivity index (χ0) is 14.7. The van der Waals surface area contributed by atoms with Gasteiger partial charge in [-0.15, -0.1) is 0 Å². The molecule has 1 unspecified atom stereocenters. The fraction of sp³-hybridized carbons (Fsp3) is 0.308. The summed E-state index contributed by atoms with van der Waals surface area (Å²) in [5, 5.41) is 3.07. The lowest BCUT2D eigenvalue weighted by molar-refractivity contribution is -0.129. The van der Waals surface area contributed by atoms with Crippen molar-refractivity contribution in [3.05, 3.63) is 29.3 Å². The Bertz CT molecular complexity index is 565. The number of benzene rings is 1. The van der Waals surface area contributed by atoms with Crippen LogP contribution in [0, 0.1) is 0 Å². The lowest BCUT2D eigenvalue weighted by Crippen LogP contribution is -2.38. The molecule has 0 aromatic heterocycles. The van der Waals surface area contributed by atoms with Gasteiger partial charge in [0.2, 0.25) is 11.8 Å². The predicted molar refractivity (Wildman–Crippen MR) is 86.1 cm³/mol. The molecule has 1 aromatic rings. The molecular formula is C13H13ClN2O2S2. The van der Waals surface area contributed by atoms with Crippen LogP contribution in [0.4, 0.5) is 5.69 Å². The van der Waals surface area contributed by atoms with Crippen molar-refractivity contribution in [3.8, 4) is 0 Å². The van der Waals surface area contributed by atoms with Crippen LogP contribution in [0.15, 0.2) is 24.3 Å². The quantitative estimate of drug-likeness (QED) is 0.863. The van der Waals surface area contributed by atoms with Gasteiger partial charge in [0.15, 0.2) is 0 Å². The second-order valence-electron chi connectivity index (χ2n) is 4.26. The van der Waals surface area contributed by atoms with E-state index in [1.54, 1.807) is 24.3 Å². The number of hydrogen-bond donors (Lipinski definition) is 1. The van der Waals surface area contributed by atoms with Gasteiger partial charge in [0.1, 0.15) is 10.9 Å². The highest BCUT2D eigenvalue weighted by molar-refractivity contribution is 8.24. The van der Waals surface area contributed by atoms with Crippen LogP contribution in [-0.2, 0) is 9.59 Å². The molecule has 1 fully saturated rings. The van der Waals surface area contributed by atoms with Crippen LogP contribution < -0.4 is 5.32 Å². The Balaban J connectivity index is 1.98. The first-order valence-corrected chi connectivity index (χ1v) is 7.75. The van der Waals surface area contributed by atoms with Gasteiger partial charge < -0.3 is 5.32 Å². The number of nitrogens with zero attached hydrogens (tertiary/aromatic N) is 1. The first-order valence-electron chi connectivity index (χ1n) is 6.08. The molecule has 0 saturated carbocycles. The molecule has 0 radical (unpaired) electrons. The summed E-state index contributed by atoms with van der Waals surface area (Å²) in [7, 11) is 0. The number of halogens is 1. The van der Waals surface area contributed by atoms with E-state index >= 15 is 0 Å². The van der Waals surface area contributed by atoms with Crippen molar-refractivity contribution < 1.29 is 9.59 Å². The van der Waals surface area contributed by atoms with Crippen LogP contribution in [-0.4, -0.2) is 32.8 Å². The second-order valence-corrected chi connectivity index (χ2v) is 6.54. The van der Waals surface area contributed by atoms with E-state index in [0.717, 1.165) is 0 Å². The van der Waals surface area contributed by atoms with Gasteiger partial charge in [-0.25, -0.2) is 0 Å². The number of nitrogens with one attached hydrogen (secondary N) is 1. The van der Waals surface area contributed by atoms with E-state index in [9.17, 15) is 9.59 Å². The molecule has 1 saturated heterocycles. The van der Waals surface area contributed by atoms with Crippen LogP contribution in [0.3, 0.4) is 0 Å². The predicted octanol–water partition coefficient (Wildman–Crippen LogP) is 2.92. The second kappa shape index (κ2) is 6.56. The Morgan fingerprint density at radius 2 is 2.30 bits per heavy atom. The normalized spacial score (nSPS) is 18.5. The number of carbonyl (C=O) groups is 2. The number of anilines is 1. The summed E-state index contributed by atoms with van der Waals surface area (Å²) in [4.78, 5) is 25.3. The molecule has 0 aliphatic carbocycles. The minimum absolute atomic E-state index is 0.0618. The van der Waals surface area contributed by atoms with Gasteiger partial charge in [-0.3, -0.25) is 14.5 Å². The molecule has 0 spiro atoms. The Labute approximate surface area is 131 Å². The van der Waals surface area contributed by atoms with Crippen LogP contribution in [0.5, 0.6) is 0 Å².